The molecule has 0 aromatic heterocycles. The SMILES string of the molecule is CNC(C)C(=O)c1cc(C(C)(C)C)ccc1OC. The van der Waals surface area contributed by atoms with Gasteiger partial charge in [-0.05, 0) is 37.1 Å². The van der Waals surface area contributed by atoms with Crippen molar-refractivity contribution in [3.8, 4) is 5.75 Å². The third-order valence-corrected chi connectivity index (χ3v) is 3.16. The second kappa shape index (κ2) is 5.53. The number of benzene rings is 1. The number of rotatable bonds is 4. The number of hydrogen-bond donors (Lipinski definition) is 1. The van der Waals surface area contributed by atoms with Crippen LogP contribution in [0.3, 0.4) is 0 Å². The average Bonchev–Trinajstić information content (AvgIpc) is 2.35. The van der Waals surface area contributed by atoms with Crippen molar-refractivity contribution in [1.82, 2.24) is 5.32 Å². The first-order chi connectivity index (χ1) is 8.31. The number of nitrogens with one attached hydrogen (secondary N) is 1. The van der Waals surface area contributed by atoms with E-state index in [2.05, 4.69) is 26.1 Å². The van der Waals surface area contributed by atoms with Gasteiger partial charge in [-0.1, -0.05) is 26.8 Å². The summed E-state index contributed by atoms with van der Waals surface area (Å²) in [5.74, 6) is 0.690. The van der Waals surface area contributed by atoms with Crippen LogP contribution < -0.4 is 10.1 Å². The zero-order chi connectivity index (χ0) is 13.9. The molecule has 1 rings (SSSR count). The number of likely N-dealkylation sites (N-methyl/N-ethyl adjacent to an activating group) is 1. The second-order valence-corrected chi connectivity index (χ2v) is 5.54. The summed E-state index contributed by atoms with van der Waals surface area (Å²) in [4.78, 5) is 12.3. The zero-order valence-electron chi connectivity index (χ0n) is 12.1. The number of ether oxygens (including phenoxy) is 1. The molecule has 0 aliphatic rings. The summed E-state index contributed by atoms with van der Waals surface area (Å²) < 4.78 is 5.28. The Hall–Kier alpha value is -1.35. The molecule has 0 saturated heterocycles. The Morgan fingerprint density at radius 1 is 1.33 bits per heavy atom. The third-order valence-electron chi connectivity index (χ3n) is 3.16. The van der Waals surface area contributed by atoms with Gasteiger partial charge in [-0.25, -0.2) is 0 Å². The Kier molecular flexibility index (Phi) is 4.52. The molecule has 1 aromatic carbocycles. The fraction of sp³-hybridized carbons (Fsp3) is 0.533. The molecule has 100 valence electrons. The molecule has 0 fully saturated rings. The minimum atomic E-state index is -0.214. The van der Waals surface area contributed by atoms with Gasteiger partial charge in [-0.3, -0.25) is 4.79 Å². The van der Waals surface area contributed by atoms with E-state index in [1.807, 2.05) is 25.1 Å². The largest absolute Gasteiger partial charge is 0.496 e. The van der Waals surface area contributed by atoms with Crippen LogP contribution in [0.4, 0.5) is 0 Å². The summed E-state index contributed by atoms with van der Waals surface area (Å²) in [5.41, 5.74) is 1.80. The molecular weight excluding hydrogens is 226 g/mol. The standard InChI is InChI=1S/C15H23NO2/c1-10(16-5)14(17)12-9-11(15(2,3)4)7-8-13(12)18-6/h7-10,16H,1-6H3. The van der Waals surface area contributed by atoms with E-state index in [9.17, 15) is 4.79 Å². The van der Waals surface area contributed by atoms with Crippen LogP contribution in [-0.4, -0.2) is 26.0 Å². The van der Waals surface area contributed by atoms with Crippen molar-refractivity contribution in [2.24, 2.45) is 0 Å². The van der Waals surface area contributed by atoms with Crippen molar-refractivity contribution >= 4 is 5.78 Å². The number of hydrogen-bond acceptors (Lipinski definition) is 3. The predicted molar refractivity (Wildman–Crippen MR) is 74.5 cm³/mol. The van der Waals surface area contributed by atoms with Crippen LogP contribution >= 0.6 is 0 Å². The van der Waals surface area contributed by atoms with Crippen molar-refractivity contribution in [3.05, 3.63) is 29.3 Å². The number of carbonyl (C=O) groups is 1. The zero-order valence-corrected chi connectivity index (χ0v) is 12.1. The minimum Gasteiger partial charge on any atom is -0.496 e. The molecule has 0 aliphatic heterocycles. The Balaban J connectivity index is 3.27. The van der Waals surface area contributed by atoms with Gasteiger partial charge in [0, 0.05) is 0 Å². The van der Waals surface area contributed by atoms with E-state index in [1.165, 1.54) is 0 Å². The lowest BCUT2D eigenvalue weighted by Crippen LogP contribution is -2.31. The lowest BCUT2D eigenvalue weighted by Gasteiger charge is -2.21. The molecule has 1 N–H and O–H groups in total. The van der Waals surface area contributed by atoms with Gasteiger partial charge in [0.2, 0.25) is 0 Å². The molecule has 0 aliphatic carbocycles. The topological polar surface area (TPSA) is 38.3 Å². The van der Waals surface area contributed by atoms with Crippen molar-refractivity contribution < 1.29 is 9.53 Å². The van der Waals surface area contributed by atoms with E-state index in [0.717, 1.165) is 5.56 Å². The van der Waals surface area contributed by atoms with Gasteiger partial charge < -0.3 is 10.1 Å². The molecule has 0 radical (unpaired) electrons. The summed E-state index contributed by atoms with van der Waals surface area (Å²) in [7, 11) is 3.37. The van der Waals surface area contributed by atoms with E-state index in [4.69, 9.17) is 4.74 Å². The lowest BCUT2D eigenvalue weighted by molar-refractivity contribution is 0.0952. The maximum atomic E-state index is 12.3. The molecule has 0 bridgehead atoms. The number of carbonyl (C=O) groups excluding carboxylic acids is 1. The van der Waals surface area contributed by atoms with Crippen LogP contribution in [0.5, 0.6) is 5.75 Å². The van der Waals surface area contributed by atoms with Crippen LogP contribution in [0.15, 0.2) is 18.2 Å². The molecule has 0 saturated carbocycles. The molecular formula is C15H23NO2. The highest BCUT2D eigenvalue weighted by molar-refractivity contribution is 6.02. The summed E-state index contributed by atoms with van der Waals surface area (Å²) in [5, 5.41) is 2.97. The van der Waals surface area contributed by atoms with Gasteiger partial charge in [-0.15, -0.1) is 0 Å². The van der Waals surface area contributed by atoms with Crippen LogP contribution in [0, 0.1) is 0 Å². The normalized spacial score (nSPS) is 13.2. The molecule has 0 heterocycles. The summed E-state index contributed by atoms with van der Waals surface area (Å²) >= 11 is 0. The van der Waals surface area contributed by atoms with Gasteiger partial charge in [0.15, 0.2) is 5.78 Å². The Morgan fingerprint density at radius 2 is 1.94 bits per heavy atom. The monoisotopic (exact) mass is 249 g/mol. The van der Waals surface area contributed by atoms with Crippen molar-refractivity contribution in [2.75, 3.05) is 14.2 Å². The highest BCUT2D eigenvalue weighted by atomic mass is 16.5. The van der Waals surface area contributed by atoms with Gasteiger partial charge in [0.1, 0.15) is 5.75 Å². The molecule has 0 amide bonds. The Labute approximate surface area is 110 Å². The highest BCUT2D eigenvalue weighted by Crippen LogP contribution is 2.28. The van der Waals surface area contributed by atoms with Crippen molar-refractivity contribution in [1.29, 1.82) is 0 Å². The summed E-state index contributed by atoms with van der Waals surface area (Å²) in [6, 6.07) is 5.61. The van der Waals surface area contributed by atoms with Crippen LogP contribution in [0.25, 0.3) is 0 Å². The maximum Gasteiger partial charge on any atom is 0.183 e. The lowest BCUT2D eigenvalue weighted by atomic mass is 9.85. The fourth-order valence-corrected chi connectivity index (χ4v) is 1.73. The molecule has 1 unspecified atom stereocenters. The molecule has 18 heavy (non-hydrogen) atoms. The quantitative estimate of drug-likeness (QED) is 0.834. The number of Topliss-reactive ketones (excluding diaryl/α,β-unsaturated/α-hetero) is 1. The van der Waals surface area contributed by atoms with Crippen LogP contribution in [0.2, 0.25) is 0 Å². The van der Waals surface area contributed by atoms with E-state index in [-0.39, 0.29) is 17.2 Å². The highest BCUT2D eigenvalue weighted by Gasteiger charge is 2.21. The predicted octanol–water partition coefficient (Wildman–Crippen LogP) is 2.78. The molecule has 1 atom stereocenters. The average molecular weight is 249 g/mol. The van der Waals surface area contributed by atoms with E-state index < -0.39 is 0 Å². The van der Waals surface area contributed by atoms with Gasteiger partial charge in [-0.2, -0.15) is 0 Å². The van der Waals surface area contributed by atoms with Crippen LogP contribution in [-0.2, 0) is 5.41 Å². The van der Waals surface area contributed by atoms with E-state index >= 15 is 0 Å². The second-order valence-electron chi connectivity index (χ2n) is 5.54. The summed E-state index contributed by atoms with van der Waals surface area (Å²) in [6.45, 7) is 8.24. The molecule has 3 nitrogen and oxygen atoms in total. The minimum absolute atomic E-state index is 0.0180. The van der Waals surface area contributed by atoms with Gasteiger partial charge in [0.25, 0.3) is 0 Å². The Morgan fingerprint density at radius 3 is 2.39 bits per heavy atom. The first-order valence-corrected chi connectivity index (χ1v) is 6.21. The van der Waals surface area contributed by atoms with E-state index in [1.54, 1.807) is 14.2 Å². The third kappa shape index (κ3) is 3.10. The first-order valence-electron chi connectivity index (χ1n) is 6.21. The van der Waals surface area contributed by atoms with Crippen molar-refractivity contribution in [3.63, 3.8) is 0 Å². The molecule has 3 heteroatoms. The maximum absolute atomic E-state index is 12.3. The van der Waals surface area contributed by atoms with Gasteiger partial charge in [0.05, 0.1) is 18.7 Å². The van der Waals surface area contributed by atoms with Crippen molar-refractivity contribution in [2.45, 2.75) is 39.2 Å². The van der Waals surface area contributed by atoms with E-state index in [0.29, 0.717) is 11.3 Å². The Bertz CT molecular complexity index is 433. The first kappa shape index (κ1) is 14.7. The molecule has 0 spiro atoms. The number of methoxy groups -OCH3 is 1. The van der Waals surface area contributed by atoms with Gasteiger partial charge >= 0.3 is 0 Å². The fourth-order valence-electron chi connectivity index (χ4n) is 1.73. The van der Waals surface area contributed by atoms with Crippen LogP contribution in [0.1, 0.15) is 43.6 Å². The smallest absolute Gasteiger partial charge is 0.183 e. The molecule has 1 aromatic rings. The summed E-state index contributed by atoms with van der Waals surface area (Å²) in [6.07, 6.45) is 0. The number of ketones is 1.